The number of imide groups is 1. The van der Waals surface area contributed by atoms with Crippen LogP contribution < -0.4 is 5.73 Å². The second kappa shape index (κ2) is 8.83. The van der Waals surface area contributed by atoms with Crippen molar-refractivity contribution in [3.63, 3.8) is 0 Å². The lowest BCUT2D eigenvalue weighted by Gasteiger charge is -2.26. The van der Waals surface area contributed by atoms with Gasteiger partial charge in [0.25, 0.3) is 0 Å². The highest BCUT2D eigenvalue weighted by Crippen LogP contribution is 2.37. The van der Waals surface area contributed by atoms with Crippen LogP contribution in [-0.4, -0.2) is 41.1 Å². The number of fused-ring (bicyclic) bond motifs is 1. The van der Waals surface area contributed by atoms with Gasteiger partial charge in [-0.2, -0.15) is 5.26 Å². The van der Waals surface area contributed by atoms with Crippen LogP contribution in [0, 0.1) is 29.1 Å². The van der Waals surface area contributed by atoms with Gasteiger partial charge in [-0.15, -0.1) is 0 Å². The third-order valence-corrected chi connectivity index (χ3v) is 4.95. The number of ketones is 1. The quantitative estimate of drug-likeness (QED) is 0.228. The summed E-state index contributed by atoms with van der Waals surface area (Å²) in [4.78, 5) is 51.3. The van der Waals surface area contributed by atoms with Crippen molar-refractivity contribution in [2.24, 2.45) is 23.5 Å². The molecule has 0 aromatic carbocycles. The van der Waals surface area contributed by atoms with Crippen molar-refractivity contribution in [3.05, 3.63) is 23.4 Å². The first kappa shape index (κ1) is 21.4. The van der Waals surface area contributed by atoms with Crippen LogP contribution in [0.1, 0.15) is 40.0 Å². The van der Waals surface area contributed by atoms with E-state index in [2.05, 4.69) is 0 Å². The van der Waals surface area contributed by atoms with Crippen LogP contribution >= 0.6 is 0 Å². The third-order valence-electron chi connectivity index (χ3n) is 4.95. The third kappa shape index (κ3) is 4.30. The number of ether oxygens (including phenoxy) is 1. The number of carbonyl (C=O) groups excluding carboxylic acids is 4. The van der Waals surface area contributed by atoms with Crippen molar-refractivity contribution in [2.75, 3.05) is 6.61 Å². The number of allylic oxidation sites excluding steroid dienone is 3. The van der Waals surface area contributed by atoms with E-state index < -0.39 is 36.2 Å². The Labute approximate surface area is 164 Å². The van der Waals surface area contributed by atoms with Crippen LogP contribution in [0.25, 0.3) is 0 Å². The molecule has 1 aliphatic carbocycles. The zero-order chi connectivity index (χ0) is 21.0. The number of amides is 2. The lowest BCUT2D eigenvalue weighted by Crippen LogP contribution is -2.47. The maximum atomic E-state index is 12.8. The van der Waals surface area contributed by atoms with Gasteiger partial charge in [0.2, 0.25) is 17.6 Å². The topological polar surface area (TPSA) is 131 Å². The zero-order valence-corrected chi connectivity index (χ0v) is 16.3. The summed E-state index contributed by atoms with van der Waals surface area (Å²) in [7, 11) is 0. The molecule has 2 amide bonds. The average molecular weight is 387 g/mol. The Kier molecular flexibility index (Phi) is 6.73. The summed E-state index contributed by atoms with van der Waals surface area (Å²) >= 11 is 0. The van der Waals surface area contributed by atoms with Gasteiger partial charge in [-0.3, -0.25) is 19.3 Å². The summed E-state index contributed by atoms with van der Waals surface area (Å²) < 4.78 is 5.07. The van der Waals surface area contributed by atoms with Crippen molar-refractivity contribution in [1.82, 2.24) is 4.90 Å². The molecule has 0 unspecified atom stereocenters. The second-order valence-electron chi connectivity index (χ2n) is 7.55. The number of hydrogen-bond acceptors (Lipinski definition) is 7. The lowest BCUT2D eigenvalue weighted by atomic mass is 9.85. The summed E-state index contributed by atoms with van der Waals surface area (Å²) in [6.07, 6.45) is 4.91. The Hall–Kier alpha value is -2.95. The molecule has 2 rings (SSSR count). The largest absolute Gasteiger partial charge is 0.456 e. The molecule has 1 fully saturated rings. The lowest BCUT2D eigenvalue weighted by molar-refractivity contribution is -0.160. The van der Waals surface area contributed by atoms with Crippen LogP contribution in [0.15, 0.2) is 23.4 Å². The van der Waals surface area contributed by atoms with Crippen molar-refractivity contribution < 1.29 is 23.9 Å². The van der Waals surface area contributed by atoms with Gasteiger partial charge in [-0.25, -0.2) is 4.79 Å². The minimum Gasteiger partial charge on any atom is -0.456 e. The van der Waals surface area contributed by atoms with Crippen molar-refractivity contribution in [2.45, 2.75) is 46.1 Å². The molecule has 1 heterocycles. The van der Waals surface area contributed by atoms with Crippen LogP contribution in [-0.2, 0) is 23.9 Å². The van der Waals surface area contributed by atoms with Gasteiger partial charge in [0, 0.05) is 5.70 Å². The molecule has 3 atom stereocenters. The number of nitrogens with two attached hydrogens (primary N) is 1. The van der Waals surface area contributed by atoms with Crippen LogP contribution in [0.5, 0.6) is 0 Å². The fourth-order valence-corrected chi connectivity index (χ4v) is 3.56. The van der Waals surface area contributed by atoms with E-state index in [0.717, 1.165) is 4.90 Å². The smallest absolute Gasteiger partial charge is 0.329 e. The Morgan fingerprint density at radius 3 is 2.21 bits per heavy atom. The average Bonchev–Trinajstić information content (AvgIpc) is 2.89. The normalized spacial score (nSPS) is 23.2. The zero-order valence-electron chi connectivity index (χ0n) is 16.3. The monoisotopic (exact) mass is 387 g/mol. The first-order chi connectivity index (χ1) is 13.2. The Balaban J connectivity index is 2.17. The van der Waals surface area contributed by atoms with Gasteiger partial charge in [-0.1, -0.05) is 26.0 Å². The highest BCUT2D eigenvalue weighted by atomic mass is 16.5. The van der Waals surface area contributed by atoms with E-state index >= 15 is 0 Å². The molecule has 0 bridgehead atoms. The molecule has 0 radical (unpaired) electrons. The van der Waals surface area contributed by atoms with Crippen LogP contribution in [0.2, 0.25) is 0 Å². The highest BCUT2D eigenvalue weighted by molar-refractivity contribution is 6.08. The number of esters is 1. The van der Waals surface area contributed by atoms with Crippen molar-refractivity contribution >= 4 is 23.6 Å². The summed E-state index contributed by atoms with van der Waals surface area (Å²) in [6.45, 7) is 4.45. The van der Waals surface area contributed by atoms with E-state index in [1.807, 2.05) is 26.0 Å². The van der Waals surface area contributed by atoms with Gasteiger partial charge < -0.3 is 10.5 Å². The SMILES string of the molecule is C/C(N)=C(\C#N)C(=O)COC(=O)[C@H](CC(C)C)N1C(=O)[C@@H]2CC=CC[C@H]2C1=O. The molecule has 2 N–H and O–H groups in total. The Bertz CT molecular complexity index is 760. The van der Waals surface area contributed by atoms with Gasteiger partial charge >= 0.3 is 5.97 Å². The first-order valence-corrected chi connectivity index (χ1v) is 9.27. The molecule has 1 aliphatic heterocycles. The maximum Gasteiger partial charge on any atom is 0.329 e. The molecule has 2 aliphatic rings. The minimum atomic E-state index is -1.09. The van der Waals surface area contributed by atoms with E-state index in [9.17, 15) is 19.2 Å². The summed E-state index contributed by atoms with van der Waals surface area (Å²) in [5.74, 6) is -3.19. The van der Waals surface area contributed by atoms with E-state index in [4.69, 9.17) is 15.7 Å². The molecule has 8 nitrogen and oxygen atoms in total. The predicted octanol–water partition coefficient (Wildman–Crippen LogP) is 1.22. The van der Waals surface area contributed by atoms with E-state index in [1.165, 1.54) is 6.92 Å². The van der Waals surface area contributed by atoms with Gasteiger partial charge in [0.05, 0.1) is 11.8 Å². The summed E-state index contributed by atoms with van der Waals surface area (Å²) in [5, 5.41) is 8.97. The number of Topliss-reactive ketones (excluding diaryl/α,β-unsaturated/α-hetero) is 1. The van der Waals surface area contributed by atoms with Crippen LogP contribution in [0.3, 0.4) is 0 Å². The highest BCUT2D eigenvalue weighted by Gasteiger charge is 2.51. The Morgan fingerprint density at radius 2 is 1.79 bits per heavy atom. The van der Waals surface area contributed by atoms with Gasteiger partial charge in [0.15, 0.2) is 6.61 Å². The molecule has 0 aromatic rings. The summed E-state index contributed by atoms with van der Waals surface area (Å²) in [5.41, 5.74) is 5.23. The number of nitriles is 1. The van der Waals surface area contributed by atoms with Gasteiger partial charge in [-0.05, 0) is 32.1 Å². The number of carbonyl (C=O) groups is 4. The predicted molar refractivity (Wildman–Crippen MR) is 98.9 cm³/mol. The Morgan fingerprint density at radius 1 is 1.25 bits per heavy atom. The number of nitrogens with zero attached hydrogens (tertiary/aromatic N) is 2. The number of rotatable bonds is 7. The van der Waals surface area contributed by atoms with Crippen LogP contribution in [0.4, 0.5) is 0 Å². The molecular weight excluding hydrogens is 362 g/mol. The molecular formula is C20H25N3O5. The fraction of sp³-hybridized carbons (Fsp3) is 0.550. The molecule has 8 heteroatoms. The fourth-order valence-electron chi connectivity index (χ4n) is 3.56. The summed E-state index contributed by atoms with van der Waals surface area (Å²) in [6, 6.07) is 0.587. The first-order valence-electron chi connectivity index (χ1n) is 9.27. The van der Waals surface area contributed by atoms with E-state index in [-0.39, 0.29) is 35.4 Å². The standard InChI is InChI=1S/C20H25N3O5/c1-11(2)8-16(20(27)28-10-17(24)15(9-21)12(3)22)23-18(25)13-6-4-5-7-14(13)19(23)26/h4-5,11,13-14,16H,6-8,10,22H2,1-3H3/b15-12-/t13-,14-,16+/m1/s1. The molecule has 0 saturated carbocycles. The van der Waals surface area contributed by atoms with Gasteiger partial charge in [0.1, 0.15) is 17.7 Å². The molecule has 28 heavy (non-hydrogen) atoms. The maximum absolute atomic E-state index is 12.8. The molecule has 1 saturated heterocycles. The van der Waals surface area contributed by atoms with E-state index in [1.54, 1.807) is 6.07 Å². The molecule has 0 aromatic heterocycles. The number of hydrogen-bond donors (Lipinski definition) is 1. The van der Waals surface area contributed by atoms with Crippen molar-refractivity contribution in [3.8, 4) is 6.07 Å². The minimum absolute atomic E-state index is 0.00968. The molecule has 0 spiro atoms. The second-order valence-corrected chi connectivity index (χ2v) is 7.55. The molecule has 150 valence electrons. The number of likely N-dealkylation sites (tertiary alicyclic amines) is 1. The van der Waals surface area contributed by atoms with Crippen molar-refractivity contribution in [1.29, 1.82) is 5.26 Å². The van der Waals surface area contributed by atoms with E-state index in [0.29, 0.717) is 12.8 Å².